The minimum atomic E-state index is -0.459. The molecule has 0 atom stereocenters. The van der Waals surface area contributed by atoms with Gasteiger partial charge in [-0.2, -0.15) is 0 Å². The second-order valence-electron chi connectivity index (χ2n) is 5.59. The summed E-state index contributed by atoms with van der Waals surface area (Å²) in [5.74, 6) is -0.459. The number of hydrogen-bond acceptors (Lipinski definition) is 5. The van der Waals surface area contributed by atoms with Gasteiger partial charge in [-0.05, 0) is 18.2 Å². The molecule has 0 radical (unpaired) electrons. The van der Waals surface area contributed by atoms with Gasteiger partial charge in [-0.1, -0.05) is 6.07 Å². The van der Waals surface area contributed by atoms with Crippen LogP contribution < -0.4 is 21.7 Å². The molecule has 5 N–H and O–H groups in total. The lowest BCUT2D eigenvalue weighted by Crippen LogP contribution is -2.31. The Hall–Kier alpha value is -3.62. The number of carbonyl (C=O) groups is 2. The molecule has 0 aliphatic carbocycles. The quantitative estimate of drug-likeness (QED) is 0.510. The normalized spacial score (nSPS) is 10.5. The average Bonchev–Trinajstić information content (AvgIpc) is 3.03. The fourth-order valence-corrected chi connectivity index (χ4v) is 2.40. The summed E-state index contributed by atoms with van der Waals surface area (Å²) in [6, 6.07) is 6.94. The number of hydrogen-bond donors (Lipinski definition) is 4. The Morgan fingerprint density at radius 2 is 2.04 bits per heavy atom. The Balaban J connectivity index is 1.57. The van der Waals surface area contributed by atoms with Gasteiger partial charge in [0.1, 0.15) is 0 Å². The summed E-state index contributed by atoms with van der Waals surface area (Å²) in [7, 11) is 0. The molecule has 134 valence electrons. The van der Waals surface area contributed by atoms with E-state index in [-0.39, 0.29) is 13.0 Å². The van der Waals surface area contributed by atoms with Crippen LogP contribution in [-0.2, 0) is 11.3 Å². The van der Waals surface area contributed by atoms with Crippen LogP contribution in [0.3, 0.4) is 0 Å². The fourth-order valence-electron chi connectivity index (χ4n) is 2.40. The molecule has 0 bridgehead atoms. The Morgan fingerprint density at radius 3 is 2.88 bits per heavy atom. The number of anilines is 2. The van der Waals surface area contributed by atoms with E-state index in [4.69, 9.17) is 5.73 Å². The largest absolute Gasteiger partial charge is 0.379 e. The maximum Gasteiger partial charge on any atom is 0.319 e. The van der Waals surface area contributed by atoms with Crippen molar-refractivity contribution >= 4 is 29.0 Å². The summed E-state index contributed by atoms with van der Waals surface area (Å²) in [6.07, 6.45) is 7.15. The third kappa shape index (κ3) is 4.47. The zero-order chi connectivity index (χ0) is 18.4. The van der Waals surface area contributed by atoms with Crippen LogP contribution in [0.15, 0.2) is 49.1 Å². The molecule has 0 unspecified atom stereocenters. The van der Waals surface area contributed by atoms with Crippen LogP contribution in [0.5, 0.6) is 0 Å². The maximum atomic E-state index is 11.8. The third-order valence-corrected chi connectivity index (χ3v) is 3.64. The number of rotatable bonds is 7. The van der Waals surface area contributed by atoms with Gasteiger partial charge in [0.15, 0.2) is 5.65 Å². The molecule has 0 aliphatic rings. The molecule has 0 fully saturated rings. The van der Waals surface area contributed by atoms with E-state index in [9.17, 15) is 9.59 Å². The molecule has 0 saturated carbocycles. The van der Waals surface area contributed by atoms with E-state index in [1.165, 1.54) is 0 Å². The van der Waals surface area contributed by atoms with E-state index in [1.54, 1.807) is 24.7 Å². The summed E-state index contributed by atoms with van der Waals surface area (Å²) in [5.41, 5.74) is 8.29. The molecule has 1 aromatic carbocycles. The molecule has 3 aromatic rings. The second kappa shape index (κ2) is 7.97. The smallest absolute Gasteiger partial charge is 0.319 e. The number of benzene rings is 1. The average molecular weight is 353 g/mol. The van der Waals surface area contributed by atoms with Gasteiger partial charge < -0.3 is 21.7 Å². The summed E-state index contributed by atoms with van der Waals surface area (Å²) >= 11 is 0. The van der Waals surface area contributed by atoms with Crippen molar-refractivity contribution in [2.45, 2.75) is 13.0 Å². The first-order valence-corrected chi connectivity index (χ1v) is 8.05. The first kappa shape index (κ1) is 17.2. The van der Waals surface area contributed by atoms with Gasteiger partial charge in [0.05, 0.1) is 24.6 Å². The highest BCUT2D eigenvalue weighted by atomic mass is 16.2. The van der Waals surface area contributed by atoms with Crippen molar-refractivity contribution in [1.82, 2.24) is 19.7 Å². The van der Waals surface area contributed by atoms with Crippen LogP contribution in [0, 0.1) is 0 Å². The van der Waals surface area contributed by atoms with E-state index >= 15 is 0 Å². The number of primary amides is 1. The van der Waals surface area contributed by atoms with Gasteiger partial charge in [-0.3, -0.25) is 14.2 Å². The van der Waals surface area contributed by atoms with E-state index in [1.807, 2.05) is 28.8 Å². The number of amides is 3. The van der Waals surface area contributed by atoms with Crippen molar-refractivity contribution in [3.8, 4) is 0 Å². The topological polar surface area (TPSA) is 126 Å². The van der Waals surface area contributed by atoms with Crippen LogP contribution in [0.1, 0.15) is 12.1 Å². The van der Waals surface area contributed by atoms with E-state index in [2.05, 4.69) is 25.9 Å². The van der Waals surface area contributed by atoms with Crippen LogP contribution >= 0.6 is 0 Å². The predicted molar refractivity (Wildman–Crippen MR) is 97.6 cm³/mol. The number of imidazole rings is 1. The van der Waals surface area contributed by atoms with Gasteiger partial charge in [-0.25, -0.2) is 9.78 Å². The summed E-state index contributed by atoms with van der Waals surface area (Å²) < 4.78 is 1.95. The molecular formula is C17H19N7O2. The van der Waals surface area contributed by atoms with Crippen molar-refractivity contribution in [2.24, 2.45) is 5.73 Å². The highest BCUT2D eigenvalue weighted by Crippen LogP contribution is 2.16. The van der Waals surface area contributed by atoms with Crippen LogP contribution in [-0.4, -0.2) is 32.9 Å². The standard InChI is InChI=1S/C17H19N7O2/c18-15(25)4-5-20-17(26)23-13-3-1-2-12(8-13)21-9-14-10-22-16-11-19-6-7-24(14)16/h1-3,6-8,10-11,21H,4-5,9H2,(H2,18,25)(H2,20,23,26). The molecule has 26 heavy (non-hydrogen) atoms. The number of fused-ring (bicyclic) bond motifs is 1. The number of nitrogens with two attached hydrogens (primary N) is 1. The van der Waals surface area contributed by atoms with Crippen LogP contribution in [0.25, 0.3) is 5.65 Å². The van der Waals surface area contributed by atoms with E-state index < -0.39 is 11.9 Å². The maximum absolute atomic E-state index is 11.8. The van der Waals surface area contributed by atoms with Crippen molar-refractivity contribution in [3.63, 3.8) is 0 Å². The monoisotopic (exact) mass is 353 g/mol. The lowest BCUT2D eigenvalue weighted by Gasteiger charge is -2.10. The van der Waals surface area contributed by atoms with Gasteiger partial charge in [0.25, 0.3) is 0 Å². The first-order valence-electron chi connectivity index (χ1n) is 8.05. The van der Waals surface area contributed by atoms with Crippen molar-refractivity contribution in [3.05, 3.63) is 54.7 Å². The fraction of sp³-hybridized carbons (Fsp3) is 0.176. The molecule has 0 saturated heterocycles. The summed E-state index contributed by atoms with van der Waals surface area (Å²) in [5, 5.41) is 8.58. The van der Waals surface area contributed by atoms with Crippen LogP contribution in [0.2, 0.25) is 0 Å². The third-order valence-electron chi connectivity index (χ3n) is 3.64. The molecule has 9 heteroatoms. The van der Waals surface area contributed by atoms with Crippen molar-refractivity contribution in [2.75, 3.05) is 17.2 Å². The zero-order valence-corrected chi connectivity index (χ0v) is 14.0. The Kier molecular flexibility index (Phi) is 5.28. The second-order valence-corrected chi connectivity index (χ2v) is 5.59. The highest BCUT2D eigenvalue weighted by Gasteiger charge is 2.05. The Morgan fingerprint density at radius 1 is 1.19 bits per heavy atom. The molecule has 2 aromatic heterocycles. The Labute approximate surface area is 149 Å². The van der Waals surface area contributed by atoms with Gasteiger partial charge >= 0.3 is 6.03 Å². The highest BCUT2D eigenvalue weighted by molar-refractivity contribution is 5.90. The minimum absolute atomic E-state index is 0.101. The predicted octanol–water partition coefficient (Wildman–Crippen LogP) is 1.34. The molecule has 0 aliphatic heterocycles. The minimum Gasteiger partial charge on any atom is -0.379 e. The van der Waals surface area contributed by atoms with Gasteiger partial charge in [0.2, 0.25) is 5.91 Å². The first-order chi connectivity index (χ1) is 12.6. The number of nitrogens with one attached hydrogen (secondary N) is 3. The SMILES string of the molecule is NC(=O)CCNC(=O)Nc1cccc(NCc2cnc3cnccn23)c1. The lowest BCUT2D eigenvalue weighted by atomic mass is 10.2. The zero-order valence-electron chi connectivity index (χ0n) is 14.0. The molecular weight excluding hydrogens is 334 g/mol. The number of urea groups is 1. The molecule has 2 heterocycles. The van der Waals surface area contributed by atoms with E-state index in [0.717, 1.165) is 17.0 Å². The van der Waals surface area contributed by atoms with E-state index in [0.29, 0.717) is 12.2 Å². The Bertz CT molecular complexity index is 922. The summed E-state index contributed by atoms with van der Waals surface area (Å²) in [6.45, 7) is 0.766. The van der Waals surface area contributed by atoms with Gasteiger partial charge in [-0.15, -0.1) is 0 Å². The molecule has 3 amide bonds. The van der Waals surface area contributed by atoms with Crippen LogP contribution in [0.4, 0.5) is 16.2 Å². The number of carbonyl (C=O) groups excluding carboxylic acids is 2. The van der Waals surface area contributed by atoms with Crippen molar-refractivity contribution in [1.29, 1.82) is 0 Å². The molecule has 3 rings (SSSR count). The molecule has 9 nitrogen and oxygen atoms in total. The van der Waals surface area contributed by atoms with Gasteiger partial charge in [0, 0.05) is 36.7 Å². The molecule has 0 spiro atoms. The number of aromatic nitrogens is 3. The summed E-state index contributed by atoms with van der Waals surface area (Å²) in [4.78, 5) is 30.8. The van der Waals surface area contributed by atoms with Crippen molar-refractivity contribution < 1.29 is 9.59 Å². The lowest BCUT2D eigenvalue weighted by molar-refractivity contribution is -0.117. The number of nitrogens with zero attached hydrogens (tertiary/aromatic N) is 3.